The molecule has 0 rings (SSSR count). The Kier molecular flexibility index (Phi) is 28.1. The molecule has 1 amide bonds. The average Bonchev–Trinajstić information content (AvgIpc) is 2.98. The van der Waals surface area contributed by atoms with Crippen molar-refractivity contribution in [2.24, 2.45) is 0 Å². The zero-order valence-electron chi connectivity index (χ0n) is 27.6. The van der Waals surface area contributed by atoms with Gasteiger partial charge in [-0.25, -0.2) is 4.79 Å². The average molecular weight is 614 g/mol. The zero-order chi connectivity index (χ0) is 31.3. The Balaban J connectivity index is 4.15. The van der Waals surface area contributed by atoms with Crippen LogP contribution in [0.1, 0.15) is 194 Å². The molecule has 2 unspecified atom stereocenters. The number of hydrogen-bond acceptors (Lipinski definition) is 4. The molecule has 248 valence electrons. The number of carbonyl (C=O) groups excluding carboxylic acids is 2. The number of carboxylic acid groups (broad SMARTS) is 1. The zero-order valence-corrected chi connectivity index (χ0v) is 28.8. The summed E-state index contributed by atoms with van der Waals surface area (Å²) < 4.78 is 0.917. The Bertz CT molecular complexity index is 674. The monoisotopic (exact) mass is 613 g/mol. The number of amides is 1. The van der Waals surface area contributed by atoms with Crippen LogP contribution in [0.15, 0.2) is 0 Å². The van der Waals surface area contributed by atoms with Gasteiger partial charge in [0.05, 0.1) is 6.61 Å². The van der Waals surface area contributed by atoms with Crippen molar-refractivity contribution in [2.75, 3.05) is 6.61 Å². The van der Waals surface area contributed by atoms with Gasteiger partial charge in [0.15, 0.2) is 5.78 Å². The van der Waals surface area contributed by atoms with Crippen molar-refractivity contribution < 1.29 is 24.6 Å². The molecule has 6 nitrogen and oxygen atoms in total. The first kappa shape index (κ1) is 41.0. The molecule has 0 saturated carbocycles. The number of carbonyl (C=O) groups is 3. The van der Waals surface area contributed by atoms with Crippen molar-refractivity contribution in [3.63, 3.8) is 0 Å². The Morgan fingerprint density at radius 3 is 1.10 bits per heavy atom. The van der Waals surface area contributed by atoms with Gasteiger partial charge in [-0.2, -0.15) is 0 Å². The minimum atomic E-state index is -2.21. The maximum atomic E-state index is 13.0. The van der Waals surface area contributed by atoms with Gasteiger partial charge in [0.25, 0.3) is 0 Å². The normalized spacial score (nSPS) is 12.8. The molecule has 0 aliphatic heterocycles. The maximum Gasteiger partial charge on any atom is 0.340 e. The van der Waals surface area contributed by atoms with Crippen LogP contribution in [0, 0.1) is 0 Å². The fourth-order valence-electron chi connectivity index (χ4n) is 5.73. The number of hydrogen-bond donors (Lipinski definition) is 2. The molecular formula is C35H68NO5P. The van der Waals surface area contributed by atoms with Crippen molar-refractivity contribution >= 4 is 27.1 Å². The minimum absolute atomic E-state index is 0.0571. The molecule has 0 bridgehead atoms. The lowest BCUT2D eigenvalue weighted by Crippen LogP contribution is -2.60. The van der Waals surface area contributed by atoms with E-state index in [2.05, 4.69) is 23.2 Å². The van der Waals surface area contributed by atoms with Gasteiger partial charge in [-0.15, -0.1) is 0 Å². The lowest BCUT2D eigenvalue weighted by atomic mass is 9.90. The van der Waals surface area contributed by atoms with Gasteiger partial charge in [-0.1, -0.05) is 168 Å². The molecule has 2 N–H and O–H groups in total. The second kappa shape index (κ2) is 28.8. The summed E-state index contributed by atoms with van der Waals surface area (Å²) in [5.41, 5.74) is -2.21. The first-order valence-electron chi connectivity index (χ1n) is 17.8. The van der Waals surface area contributed by atoms with E-state index in [1.165, 1.54) is 116 Å². The fourth-order valence-corrected chi connectivity index (χ4v) is 6.19. The van der Waals surface area contributed by atoms with Gasteiger partial charge >= 0.3 is 5.97 Å². The van der Waals surface area contributed by atoms with E-state index in [0.717, 1.165) is 43.2 Å². The van der Waals surface area contributed by atoms with E-state index in [0.29, 0.717) is 12.8 Å². The van der Waals surface area contributed by atoms with Gasteiger partial charge < -0.3 is 14.9 Å². The smallest absolute Gasteiger partial charge is 0.340 e. The lowest BCUT2D eigenvalue weighted by Gasteiger charge is -2.35. The first-order chi connectivity index (χ1) is 20.4. The van der Waals surface area contributed by atoms with E-state index < -0.39 is 29.8 Å². The van der Waals surface area contributed by atoms with Crippen molar-refractivity contribution in [1.29, 1.82) is 0 Å². The number of aliphatic hydroxyl groups is 1. The number of nitrogens with zero attached hydrogens (tertiary/aromatic N) is 1. The predicted molar refractivity (Wildman–Crippen MR) is 180 cm³/mol. The molecule has 0 aromatic heterocycles. The molecule has 0 saturated heterocycles. The van der Waals surface area contributed by atoms with Crippen LogP contribution in [-0.4, -0.2) is 44.7 Å². The third kappa shape index (κ3) is 19.3. The van der Waals surface area contributed by atoms with E-state index in [9.17, 15) is 24.6 Å². The van der Waals surface area contributed by atoms with Crippen molar-refractivity contribution in [2.45, 2.75) is 199 Å². The van der Waals surface area contributed by atoms with E-state index >= 15 is 0 Å². The predicted octanol–water partition coefficient (Wildman–Crippen LogP) is 9.95. The van der Waals surface area contributed by atoms with Crippen LogP contribution >= 0.6 is 9.39 Å². The Labute approximate surface area is 261 Å². The molecule has 0 aliphatic carbocycles. The third-order valence-electron chi connectivity index (χ3n) is 8.73. The van der Waals surface area contributed by atoms with Crippen molar-refractivity contribution in [1.82, 2.24) is 4.67 Å². The summed E-state index contributed by atoms with van der Waals surface area (Å²) in [6.07, 6.45) is 31.2. The fraction of sp³-hybridized carbons (Fsp3) is 0.914. The van der Waals surface area contributed by atoms with Crippen LogP contribution in [0.25, 0.3) is 0 Å². The molecule has 0 heterocycles. The highest BCUT2D eigenvalue weighted by molar-refractivity contribution is 7.15. The molecule has 0 aromatic carbocycles. The van der Waals surface area contributed by atoms with E-state index in [1.54, 1.807) is 0 Å². The molecule has 0 spiro atoms. The SMILES string of the molecule is CCCCCCCCCCCCCCCC(=O)N(P)C(CO)(C(=O)O)C(=O)CCCCCCCCCCCCCCC. The molecule has 0 radical (unpaired) electrons. The van der Waals surface area contributed by atoms with Gasteiger partial charge in [0.1, 0.15) is 0 Å². The standard InChI is InChI=1S/C35H68NO5P/c1-3-5-7-9-11-13-15-17-19-21-23-25-27-29-32(38)35(31-37,34(40)41)36(42)33(39)30-28-26-24-22-20-18-16-14-12-10-8-6-4-2/h37H,3-31,42H2,1-2H3,(H,40,41). The molecule has 42 heavy (non-hydrogen) atoms. The molecular weight excluding hydrogens is 545 g/mol. The van der Waals surface area contributed by atoms with Crippen LogP contribution in [0.3, 0.4) is 0 Å². The van der Waals surface area contributed by atoms with Gasteiger partial charge in [-0.05, 0) is 22.2 Å². The van der Waals surface area contributed by atoms with Crippen LogP contribution in [-0.2, 0) is 14.4 Å². The highest BCUT2D eigenvalue weighted by Crippen LogP contribution is 2.26. The number of aliphatic hydroxyl groups excluding tert-OH is 1. The Hall–Kier alpha value is -1.00. The Morgan fingerprint density at radius 1 is 0.524 bits per heavy atom. The van der Waals surface area contributed by atoms with E-state index in [-0.39, 0.29) is 12.8 Å². The molecule has 2 atom stereocenters. The topological polar surface area (TPSA) is 94.9 Å². The third-order valence-corrected chi connectivity index (χ3v) is 9.45. The molecule has 7 heteroatoms. The van der Waals surface area contributed by atoms with E-state index in [1.807, 2.05) is 0 Å². The largest absolute Gasteiger partial charge is 0.479 e. The van der Waals surface area contributed by atoms with Crippen molar-refractivity contribution in [3.8, 4) is 0 Å². The highest BCUT2D eigenvalue weighted by Gasteiger charge is 2.50. The second-order valence-corrected chi connectivity index (χ2v) is 13.0. The number of rotatable bonds is 32. The first-order valence-corrected chi connectivity index (χ1v) is 18.3. The van der Waals surface area contributed by atoms with Crippen LogP contribution in [0.4, 0.5) is 0 Å². The summed E-state index contributed by atoms with van der Waals surface area (Å²) in [4.78, 5) is 38.0. The van der Waals surface area contributed by atoms with Crippen LogP contribution < -0.4 is 0 Å². The Morgan fingerprint density at radius 2 is 0.810 bits per heavy atom. The van der Waals surface area contributed by atoms with Gasteiger partial charge in [-0.3, -0.25) is 9.59 Å². The van der Waals surface area contributed by atoms with Crippen LogP contribution in [0.2, 0.25) is 0 Å². The molecule has 0 fully saturated rings. The highest BCUT2D eigenvalue weighted by atomic mass is 31.0. The molecule has 0 aliphatic rings. The summed E-state index contributed by atoms with van der Waals surface area (Å²) in [5.74, 6) is -2.47. The number of aliphatic carboxylic acids is 1. The number of ketones is 1. The quantitative estimate of drug-likeness (QED) is 0.0447. The second-order valence-electron chi connectivity index (χ2n) is 12.5. The van der Waals surface area contributed by atoms with Gasteiger partial charge in [0, 0.05) is 12.8 Å². The maximum absolute atomic E-state index is 13.0. The summed E-state index contributed by atoms with van der Waals surface area (Å²) in [7, 11) is 2.12. The number of carboxylic acids is 1. The summed E-state index contributed by atoms with van der Waals surface area (Å²) in [6, 6.07) is 0. The van der Waals surface area contributed by atoms with E-state index in [4.69, 9.17) is 0 Å². The van der Waals surface area contributed by atoms with Gasteiger partial charge in [0.2, 0.25) is 11.4 Å². The summed E-state index contributed by atoms with van der Waals surface area (Å²) >= 11 is 0. The number of unbranched alkanes of at least 4 members (excludes halogenated alkanes) is 24. The minimum Gasteiger partial charge on any atom is -0.479 e. The summed E-state index contributed by atoms with van der Waals surface area (Å²) in [5, 5.41) is 19.9. The lowest BCUT2D eigenvalue weighted by molar-refractivity contribution is -0.161. The van der Waals surface area contributed by atoms with Crippen LogP contribution in [0.5, 0.6) is 0 Å². The molecule has 0 aromatic rings. The number of Topliss-reactive ketones (excluding diaryl/α,β-unsaturated/α-hetero) is 1. The van der Waals surface area contributed by atoms with Crippen molar-refractivity contribution in [3.05, 3.63) is 0 Å². The summed E-state index contributed by atoms with van der Waals surface area (Å²) in [6.45, 7) is 3.58.